The largest absolute Gasteiger partial charge is 0.297 e. The number of benzene rings is 2. The molecule has 4 rings (SSSR count). The monoisotopic (exact) mass is 443 g/mol. The van der Waals surface area contributed by atoms with E-state index in [-0.39, 0.29) is 11.5 Å². The van der Waals surface area contributed by atoms with Crippen LogP contribution in [0.15, 0.2) is 71.2 Å². The molecule has 2 aromatic heterocycles. The van der Waals surface area contributed by atoms with Gasteiger partial charge in [-0.05, 0) is 6.92 Å². The lowest BCUT2D eigenvalue weighted by Crippen LogP contribution is -2.13. The third-order valence-corrected chi connectivity index (χ3v) is 6.33. The van der Waals surface area contributed by atoms with Gasteiger partial charge >= 0.3 is 0 Å². The summed E-state index contributed by atoms with van der Waals surface area (Å²) in [7, 11) is 0. The molecule has 0 amide bonds. The van der Waals surface area contributed by atoms with Crippen molar-refractivity contribution in [3.63, 3.8) is 0 Å². The Balaban J connectivity index is 1.59. The van der Waals surface area contributed by atoms with E-state index in [1.165, 1.54) is 23.1 Å². The number of carbonyl (C=O) groups is 1. The fraction of sp³-hybridized carbons (Fsp3) is 0.130. The second-order valence-corrected chi connectivity index (χ2v) is 8.50. The molecule has 0 saturated heterocycles. The van der Waals surface area contributed by atoms with Crippen LogP contribution in [0.25, 0.3) is 22.5 Å². The Labute approximate surface area is 188 Å². The summed E-state index contributed by atoms with van der Waals surface area (Å²) >= 11 is 2.50. The summed E-state index contributed by atoms with van der Waals surface area (Å²) in [6.45, 7) is 1.84. The van der Waals surface area contributed by atoms with E-state index in [0.717, 1.165) is 16.8 Å². The van der Waals surface area contributed by atoms with Crippen LogP contribution in [-0.4, -0.2) is 31.7 Å². The van der Waals surface area contributed by atoms with E-state index in [4.69, 9.17) is 4.98 Å². The number of ketones is 1. The molecule has 0 bridgehead atoms. The summed E-state index contributed by atoms with van der Waals surface area (Å²) in [6, 6.07) is 21.6. The van der Waals surface area contributed by atoms with Crippen LogP contribution in [0.2, 0.25) is 0 Å². The maximum atomic E-state index is 12.6. The van der Waals surface area contributed by atoms with Gasteiger partial charge in [0.25, 0.3) is 0 Å². The lowest BCUT2D eigenvalue weighted by Gasteiger charge is -2.09. The topological polar surface area (TPSA) is 92.4 Å². The first-order chi connectivity index (χ1) is 15.2. The maximum absolute atomic E-state index is 12.6. The van der Waals surface area contributed by atoms with Crippen molar-refractivity contribution in [3.05, 3.63) is 76.7 Å². The van der Waals surface area contributed by atoms with Gasteiger partial charge in [0.2, 0.25) is 5.16 Å². The first-order valence-corrected chi connectivity index (χ1v) is 11.3. The van der Waals surface area contributed by atoms with Crippen LogP contribution in [0, 0.1) is 18.3 Å². The van der Waals surface area contributed by atoms with E-state index < -0.39 is 5.92 Å². The third-order valence-electron chi connectivity index (χ3n) is 4.44. The van der Waals surface area contributed by atoms with Crippen molar-refractivity contribution in [1.82, 2.24) is 20.2 Å². The zero-order valence-corrected chi connectivity index (χ0v) is 18.2. The van der Waals surface area contributed by atoms with E-state index >= 15 is 0 Å². The highest BCUT2D eigenvalue weighted by Crippen LogP contribution is 2.30. The first-order valence-electron chi connectivity index (χ1n) is 9.48. The number of nitrogens with zero attached hydrogens (tertiary/aromatic N) is 5. The first kappa shape index (κ1) is 20.8. The Morgan fingerprint density at radius 1 is 1.00 bits per heavy atom. The smallest absolute Gasteiger partial charge is 0.210 e. The van der Waals surface area contributed by atoms with Crippen molar-refractivity contribution in [3.8, 4) is 28.6 Å². The molecule has 0 saturated carbocycles. The Kier molecular flexibility index (Phi) is 6.46. The molecular formula is C23H17N5OS2. The number of hydrogen-bond donors (Lipinski definition) is 0. The van der Waals surface area contributed by atoms with E-state index in [2.05, 4.69) is 21.3 Å². The standard InChI is InChI=1S/C23H17N5OS2/c1-15-13-30-22(25-15)18(12-24)19(29)14-31-23-26-20(16-8-4-2-5-9-16)21(27-28-23)17-10-6-3-7-11-17/h2-11,13,18H,14H2,1H3/t18-/m1/s1. The molecular weight excluding hydrogens is 426 g/mol. The average Bonchev–Trinajstić information content (AvgIpc) is 3.25. The molecule has 31 heavy (non-hydrogen) atoms. The summed E-state index contributed by atoms with van der Waals surface area (Å²) in [4.78, 5) is 21.6. The lowest BCUT2D eigenvalue weighted by atomic mass is 10.0. The second-order valence-electron chi connectivity index (χ2n) is 6.67. The summed E-state index contributed by atoms with van der Waals surface area (Å²) in [6.07, 6.45) is 0. The molecule has 1 atom stereocenters. The minimum atomic E-state index is -0.878. The molecule has 0 spiro atoms. The minimum Gasteiger partial charge on any atom is -0.297 e. The van der Waals surface area contributed by atoms with Crippen LogP contribution in [0.4, 0.5) is 0 Å². The summed E-state index contributed by atoms with van der Waals surface area (Å²) in [5.74, 6) is -1.03. The lowest BCUT2D eigenvalue weighted by molar-refractivity contribution is -0.116. The quantitative estimate of drug-likeness (QED) is 0.374. The van der Waals surface area contributed by atoms with Gasteiger partial charge in [0.15, 0.2) is 11.7 Å². The number of aromatic nitrogens is 4. The van der Waals surface area contributed by atoms with E-state index in [9.17, 15) is 10.1 Å². The number of aryl methyl sites for hydroxylation is 1. The van der Waals surface area contributed by atoms with Crippen LogP contribution in [0.1, 0.15) is 16.6 Å². The molecule has 0 fully saturated rings. The number of rotatable bonds is 7. The molecule has 2 aromatic carbocycles. The normalized spacial score (nSPS) is 11.6. The van der Waals surface area contributed by atoms with Crippen LogP contribution >= 0.6 is 23.1 Å². The number of thioether (sulfide) groups is 1. The van der Waals surface area contributed by atoms with Gasteiger partial charge in [-0.1, -0.05) is 72.4 Å². The predicted molar refractivity (Wildman–Crippen MR) is 122 cm³/mol. The van der Waals surface area contributed by atoms with Crippen molar-refractivity contribution in [1.29, 1.82) is 5.26 Å². The summed E-state index contributed by atoms with van der Waals surface area (Å²) in [5, 5.41) is 20.8. The Bertz CT molecular complexity index is 1240. The van der Waals surface area contributed by atoms with Gasteiger partial charge in [0.1, 0.15) is 16.4 Å². The van der Waals surface area contributed by atoms with E-state index in [0.29, 0.717) is 21.6 Å². The zero-order valence-electron chi connectivity index (χ0n) is 16.6. The summed E-state index contributed by atoms with van der Waals surface area (Å²) in [5.41, 5.74) is 4.01. The molecule has 0 aliphatic carbocycles. The van der Waals surface area contributed by atoms with Crippen LogP contribution < -0.4 is 0 Å². The number of hydrogen-bond acceptors (Lipinski definition) is 8. The van der Waals surface area contributed by atoms with Gasteiger partial charge in [0.05, 0.1) is 11.8 Å². The van der Waals surface area contributed by atoms with Gasteiger partial charge in [-0.15, -0.1) is 21.5 Å². The minimum absolute atomic E-state index is 0.0669. The molecule has 0 aliphatic heterocycles. The molecule has 4 aromatic rings. The Morgan fingerprint density at radius 2 is 1.65 bits per heavy atom. The number of Topliss-reactive ketones (excluding diaryl/α,β-unsaturated/α-hetero) is 1. The van der Waals surface area contributed by atoms with Gasteiger partial charge in [-0.25, -0.2) is 9.97 Å². The molecule has 0 radical (unpaired) electrons. The second kappa shape index (κ2) is 9.60. The number of carbonyl (C=O) groups excluding carboxylic acids is 1. The highest BCUT2D eigenvalue weighted by atomic mass is 32.2. The molecule has 0 aliphatic rings. The van der Waals surface area contributed by atoms with E-state index in [1.807, 2.05) is 73.0 Å². The number of nitriles is 1. The fourth-order valence-electron chi connectivity index (χ4n) is 2.95. The van der Waals surface area contributed by atoms with Crippen LogP contribution in [0.5, 0.6) is 0 Å². The van der Waals surface area contributed by atoms with E-state index in [1.54, 1.807) is 0 Å². The highest BCUT2D eigenvalue weighted by molar-refractivity contribution is 7.99. The van der Waals surface area contributed by atoms with Gasteiger partial charge in [-0.2, -0.15) is 5.26 Å². The molecule has 6 nitrogen and oxygen atoms in total. The van der Waals surface area contributed by atoms with Crippen molar-refractivity contribution in [2.45, 2.75) is 18.0 Å². The molecule has 0 unspecified atom stereocenters. The third kappa shape index (κ3) is 4.85. The highest BCUT2D eigenvalue weighted by Gasteiger charge is 2.24. The Hall–Kier alpha value is -3.41. The SMILES string of the molecule is Cc1csc([C@H](C#N)C(=O)CSc2nnc(-c3ccccc3)c(-c3ccccc3)n2)n1. The number of thiazole rings is 1. The van der Waals surface area contributed by atoms with Crippen LogP contribution in [0.3, 0.4) is 0 Å². The molecule has 2 heterocycles. The zero-order chi connectivity index (χ0) is 21.6. The fourth-order valence-corrected chi connectivity index (χ4v) is 4.50. The Morgan fingerprint density at radius 3 is 2.23 bits per heavy atom. The molecule has 8 heteroatoms. The van der Waals surface area contributed by atoms with Crippen molar-refractivity contribution < 1.29 is 4.79 Å². The average molecular weight is 444 g/mol. The molecule has 152 valence electrons. The van der Waals surface area contributed by atoms with Gasteiger partial charge < -0.3 is 0 Å². The van der Waals surface area contributed by atoms with Crippen molar-refractivity contribution >= 4 is 28.9 Å². The summed E-state index contributed by atoms with van der Waals surface area (Å²) < 4.78 is 0. The molecule has 0 N–H and O–H groups in total. The van der Waals surface area contributed by atoms with Gasteiger partial charge in [0, 0.05) is 22.2 Å². The maximum Gasteiger partial charge on any atom is 0.210 e. The van der Waals surface area contributed by atoms with Gasteiger partial charge in [-0.3, -0.25) is 4.79 Å². The predicted octanol–water partition coefficient (Wildman–Crippen LogP) is 4.94. The van der Waals surface area contributed by atoms with Crippen LogP contribution in [-0.2, 0) is 4.79 Å². The van der Waals surface area contributed by atoms with Crippen molar-refractivity contribution in [2.24, 2.45) is 0 Å². The van der Waals surface area contributed by atoms with Crippen molar-refractivity contribution in [2.75, 3.05) is 5.75 Å².